The average molecular weight is 305 g/mol. The van der Waals surface area contributed by atoms with Crippen molar-refractivity contribution in [2.24, 2.45) is 5.92 Å². The van der Waals surface area contributed by atoms with E-state index in [9.17, 15) is 9.59 Å². The van der Waals surface area contributed by atoms with Crippen LogP contribution < -0.4 is 4.74 Å². The minimum atomic E-state index is -1.09. The molecule has 1 saturated heterocycles. The molecule has 0 amide bonds. The predicted molar refractivity (Wildman–Crippen MR) is 83.7 cm³/mol. The Hall–Kier alpha value is -1.88. The number of carbonyl (C=O) groups is 2. The number of piperidine rings is 1. The minimum absolute atomic E-state index is 0.0243. The van der Waals surface area contributed by atoms with Gasteiger partial charge in [-0.2, -0.15) is 0 Å². The summed E-state index contributed by atoms with van der Waals surface area (Å²) in [6, 6.07) is 4.58. The van der Waals surface area contributed by atoms with Crippen molar-refractivity contribution in [1.82, 2.24) is 4.90 Å². The molecule has 0 spiro atoms. The van der Waals surface area contributed by atoms with Gasteiger partial charge in [0.05, 0.1) is 7.11 Å². The second-order valence-corrected chi connectivity index (χ2v) is 5.92. The van der Waals surface area contributed by atoms with Crippen LogP contribution >= 0.6 is 0 Å². The highest BCUT2D eigenvalue weighted by Crippen LogP contribution is 2.21. The second-order valence-electron chi connectivity index (χ2n) is 5.92. The fourth-order valence-electron chi connectivity index (χ4n) is 2.74. The maximum absolute atomic E-state index is 12.3. The molecular weight excluding hydrogens is 282 g/mol. The van der Waals surface area contributed by atoms with Crippen molar-refractivity contribution in [3.05, 3.63) is 29.3 Å². The zero-order valence-electron chi connectivity index (χ0n) is 13.2. The van der Waals surface area contributed by atoms with Crippen LogP contribution in [0.3, 0.4) is 0 Å². The van der Waals surface area contributed by atoms with Crippen LogP contribution in [0.15, 0.2) is 18.2 Å². The van der Waals surface area contributed by atoms with Crippen molar-refractivity contribution in [2.45, 2.75) is 26.2 Å². The number of carbonyl (C=O) groups excluding carboxylic acids is 1. The summed E-state index contributed by atoms with van der Waals surface area (Å²) in [4.78, 5) is 25.8. The second kappa shape index (κ2) is 7.40. The number of likely N-dealkylation sites (tertiary alicyclic amines) is 1. The van der Waals surface area contributed by atoms with Gasteiger partial charge in [0, 0.05) is 18.5 Å². The Bertz CT molecular complexity index is 548. The van der Waals surface area contributed by atoms with Gasteiger partial charge in [0.1, 0.15) is 11.3 Å². The van der Waals surface area contributed by atoms with Gasteiger partial charge in [-0.1, -0.05) is 6.92 Å². The highest BCUT2D eigenvalue weighted by molar-refractivity contribution is 6.00. The molecule has 1 fully saturated rings. The largest absolute Gasteiger partial charge is 0.496 e. The number of ether oxygens (including phenoxy) is 1. The number of benzene rings is 1. The van der Waals surface area contributed by atoms with Crippen molar-refractivity contribution in [2.75, 3.05) is 26.7 Å². The lowest BCUT2D eigenvalue weighted by molar-refractivity contribution is 0.0693. The third-order valence-corrected chi connectivity index (χ3v) is 4.28. The van der Waals surface area contributed by atoms with Crippen LogP contribution in [-0.2, 0) is 0 Å². The number of rotatable bonds is 6. The quantitative estimate of drug-likeness (QED) is 0.819. The van der Waals surface area contributed by atoms with Crippen molar-refractivity contribution >= 4 is 11.8 Å². The molecule has 0 unspecified atom stereocenters. The van der Waals surface area contributed by atoms with E-state index >= 15 is 0 Å². The summed E-state index contributed by atoms with van der Waals surface area (Å²) in [5.41, 5.74) is 0.462. The maximum atomic E-state index is 12.3. The molecule has 1 aromatic rings. The molecule has 0 radical (unpaired) electrons. The van der Waals surface area contributed by atoms with Crippen molar-refractivity contribution in [3.8, 4) is 5.75 Å². The predicted octanol–water partition coefficient (Wildman–Crippen LogP) is 2.70. The van der Waals surface area contributed by atoms with Gasteiger partial charge in [-0.3, -0.25) is 4.79 Å². The van der Waals surface area contributed by atoms with E-state index in [2.05, 4.69) is 11.8 Å². The van der Waals surface area contributed by atoms with Gasteiger partial charge < -0.3 is 14.7 Å². The van der Waals surface area contributed by atoms with Crippen LogP contribution in [0.1, 0.15) is 46.9 Å². The van der Waals surface area contributed by atoms with E-state index in [1.165, 1.54) is 26.0 Å². The molecule has 1 N–H and O–H groups in total. The molecule has 0 saturated carbocycles. The van der Waals surface area contributed by atoms with Gasteiger partial charge in [0.15, 0.2) is 5.78 Å². The Morgan fingerprint density at radius 2 is 2.00 bits per heavy atom. The highest BCUT2D eigenvalue weighted by Gasteiger charge is 2.18. The minimum Gasteiger partial charge on any atom is -0.496 e. The summed E-state index contributed by atoms with van der Waals surface area (Å²) in [5, 5.41) is 9.16. The number of carboxylic acids is 1. The van der Waals surface area contributed by atoms with Gasteiger partial charge in [-0.15, -0.1) is 0 Å². The fourth-order valence-corrected chi connectivity index (χ4v) is 2.74. The van der Waals surface area contributed by atoms with E-state index in [1.807, 2.05) is 0 Å². The van der Waals surface area contributed by atoms with E-state index in [0.717, 1.165) is 25.6 Å². The van der Waals surface area contributed by atoms with E-state index in [4.69, 9.17) is 9.84 Å². The smallest absolute Gasteiger partial charge is 0.339 e. The molecular formula is C17H23NO4. The number of methoxy groups -OCH3 is 1. The zero-order chi connectivity index (χ0) is 16.1. The van der Waals surface area contributed by atoms with E-state index in [-0.39, 0.29) is 17.1 Å². The zero-order valence-corrected chi connectivity index (χ0v) is 13.2. The first kappa shape index (κ1) is 16.5. The molecule has 1 aliphatic rings. The van der Waals surface area contributed by atoms with Crippen LogP contribution in [0.25, 0.3) is 0 Å². The Morgan fingerprint density at radius 3 is 2.59 bits per heavy atom. The Labute approximate surface area is 130 Å². The molecule has 2 rings (SSSR count). The number of nitrogens with zero attached hydrogens (tertiary/aromatic N) is 1. The summed E-state index contributed by atoms with van der Waals surface area (Å²) >= 11 is 0. The molecule has 5 heteroatoms. The van der Waals surface area contributed by atoms with Gasteiger partial charge >= 0.3 is 5.97 Å². The lowest BCUT2D eigenvalue weighted by Crippen LogP contribution is -2.34. The molecule has 1 aliphatic heterocycles. The normalized spacial score (nSPS) is 16.5. The number of ketones is 1. The first-order valence-electron chi connectivity index (χ1n) is 7.68. The van der Waals surface area contributed by atoms with Crippen LogP contribution in [0.2, 0.25) is 0 Å². The summed E-state index contributed by atoms with van der Waals surface area (Å²) < 4.78 is 5.01. The Kier molecular flexibility index (Phi) is 5.55. The third-order valence-electron chi connectivity index (χ3n) is 4.28. The van der Waals surface area contributed by atoms with Crippen LogP contribution in [0.4, 0.5) is 0 Å². The summed E-state index contributed by atoms with van der Waals surface area (Å²) in [6.45, 7) is 5.07. The fraction of sp³-hybridized carbons (Fsp3) is 0.529. The van der Waals surface area contributed by atoms with Crippen molar-refractivity contribution in [3.63, 3.8) is 0 Å². The van der Waals surface area contributed by atoms with Crippen LogP contribution in [-0.4, -0.2) is 48.5 Å². The summed E-state index contributed by atoms with van der Waals surface area (Å²) in [7, 11) is 1.42. The van der Waals surface area contributed by atoms with E-state index < -0.39 is 5.97 Å². The van der Waals surface area contributed by atoms with Gasteiger partial charge in [-0.25, -0.2) is 4.79 Å². The molecule has 22 heavy (non-hydrogen) atoms. The molecule has 0 aromatic heterocycles. The Balaban J connectivity index is 1.97. The van der Waals surface area contributed by atoms with Crippen molar-refractivity contribution in [1.29, 1.82) is 0 Å². The summed E-state index contributed by atoms with van der Waals surface area (Å²) in [5.74, 6) is -0.0685. The van der Waals surface area contributed by atoms with Gasteiger partial charge in [0.25, 0.3) is 0 Å². The molecule has 0 aliphatic carbocycles. The number of carboxylic acid groups (broad SMARTS) is 1. The average Bonchev–Trinajstić information content (AvgIpc) is 2.53. The van der Waals surface area contributed by atoms with Crippen LogP contribution in [0, 0.1) is 5.92 Å². The maximum Gasteiger partial charge on any atom is 0.339 e. The first-order chi connectivity index (χ1) is 10.5. The van der Waals surface area contributed by atoms with E-state index in [1.54, 1.807) is 12.1 Å². The standard InChI is InChI=1S/C17H23NO4/c1-12-5-8-18(9-6-12)10-7-15(19)13-3-4-16(22-2)14(11-13)17(20)21/h3-4,11-12H,5-10H2,1-2H3,(H,20,21). The third kappa shape index (κ3) is 4.07. The van der Waals surface area contributed by atoms with E-state index in [0.29, 0.717) is 12.0 Å². The monoisotopic (exact) mass is 305 g/mol. The number of hydrogen-bond donors (Lipinski definition) is 1. The molecule has 0 bridgehead atoms. The van der Waals surface area contributed by atoms with Gasteiger partial charge in [-0.05, 0) is 50.0 Å². The number of aromatic carboxylic acids is 1. The first-order valence-corrected chi connectivity index (χ1v) is 7.68. The lowest BCUT2D eigenvalue weighted by atomic mass is 9.98. The molecule has 5 nitrogen and oxygen atoms in total. The van der Waals surface area contributed by atoms with Crippen LogP contribution in [0.5, 0.6) is 5.75 Å². The SMILES string of the molecule is COc1ccc(C(=O)CCN2CCC(C)CC2)cc1C(=O)O. The number of Topliss-reactive ketones (excluding diaryl/α,β-unsaturated/α-hetero) is 1. The van der Waals surface area contributed by atoms with Gasteiger partial charge in [0.2, 0.25) is 0 Å². The molecule has 0 atom stereocenters. The highest BCUT2D eigenvalue weighted by atomic mass is 16.5. The van der Waals surface area contributed by atoms with Crippen molar-refractivity contribution < 1.29 is 19.4 Å². The molecule has 1 heterocycles. The summed E-state index contributed by atoms with van der Waals surface area (Å²) in [6.07, 6.45) is 2.78. The molecule has 1 aromatic carbocycles. The number of hydrogen-bond acceptors (Lipinski definition) is 4. The topological polar surface area (TPSA) is 66.8 Å². The lowest BCUT2D eigenvalue weighted by Gasteiger charge is -2.29. The Morgan fingerprint density at radius 1 is 1.32 bits per heavy atom. The molecule has 120 valence electrons.